The van der Waals surface area contributed by atoms with Crippen LogP contribution in [0.25, 0.3) is 0 Å². The van der Waals surface area contributed by atoms with Crippen molar-refractivity contribution in [3.8, 4) is 0 Å². The Bertz CT molecular complexity index is 484. The van der Waals surface area contributed by atoms with Crippen molar-refractivity contribution < 1.29 is 23.3 Å². The van der Waals surface area contributed by atoms with Gasteiger partial charge in [0.2, 0.25) is 0 Å². The lowest BCUT2D eigenvalue weighted by atomic mass is 10.0. The molecule has 20 heavy (non-hydrogen) atoms. The van der Waals surface area contributed by atoms with Gasteiger partial charge in [0, 0.05) is 19.1 Å². The van der Waals surface area contributed by atoms with Crippen molar-refractivity contribution >= 4 is 11.6 Å². The zero-order valence-corrected chi connectivity index (χ0v) is 11.8. The molecule has 0 aromatic heterocycles. The van der Waals surface area contributed by atoms with Crippen LogP contribution in [-0.4, -0.2) is 38.3 Å². The van der Waals surface area contributed by atoms with E-state index in [2.05, 4.69) is 0 Å². The standard InChI is InChI=1S/C14H16ClFO4/c1-17-11-5-10(12-7-19-14(11)20-12)18-6-8-3-2-4-9(15)13(8)16/h2-4,10-12,14H,5-7H2,1H3/t10-,11+,12+,14+/m0/s1. The highest BCUT2D eigenvalue weighted by molar-refractivity contribution is 6.30. The molecule has 1 aromatic carbocycles. The first-order valence-electron chi connectivity index (χ1n) is 6.53. The number of ether oxygens (including phenoxy) is 4. The van der Waals surface area contributed by atoms with E-state index in [4.69, 9.17) is 30.5 Å². The Hall–Kier alpha value is -0.720. The number of benzene rings is 1. The van der Waals surface area contributed by atoms with E-state index in [1.54, 1.807) is 19.2 Å². The summed E-state index contributed by atoms with van der Waals surface area (Å²) in [4.78, 5) is 0. The van der Waals surface area contributed by atoms with Gasteiger partial charge in [-0.1, -0.05) is 23.7 Å². The maximum atomic E-state index is 13.8. The quantitative estimate of drug-likeness (QED) is 0.856. The fourth-order valence-corrected chi connectivity index (χ4v) is 2.76. The summed E-state index contributed by atoms with van der Waals surface area (Å²) >= 11 is 5.75. The summed E-state index contributed by atoms with van der Waals surface area (Å²) in [5, 5.41) is 0.102. The highest BCUT2D eigenvalue weighted by Gasteiger charge is 2.44. The average molecular weight is 303 g/mol. The molecule has 4 nitrogen and oxygen atoms in total. The fourth-order valence-electron chi connectivity index (χ4n) is 2.56. The topological polar surface area (TPSA) is 36.9 Å². The molecular formula is C14H16ClFO4. The van der Waals surface area contributed by atoms with Gasteiger partial charge in [0.25, 0.3) is 0 Å². The minimum Gasteiger partial charge on any atom is -0.376 e. The van der Waals surface area contributed by atoms with Crippen LogP contribution in [0.3, 0.4) is 0 Å². The van der Waals surface area contributed by atoms with Gasteiger partial charge in [-0.15, -0.1) is 0 Å². The van der Waals surface area contributed by atoms with Crippen molar-refractivity contribution in [3.05, 3.63) is 34.6 Å². The van der Waals surface area contributed by atoms with Crippen molar-refractivity contribution in [2.24, 2.45) is 0 Å². The van der Waals surface area contributed by atoms with E-state index in [0.29, 0.717) is 18.6 Å². The van der Waals surface area contributed by atoms with Gasteiger partial charge in [-0.2, -0.15) is 0 Å². The van der Waals surface area contributed by atoms with Gasteiger partial charge >= 0.3 is 0 Å². The number of rotatable bonds is 4. The monoisotopic (exact) mass is 302 g/mol. The smallest absolute Gasteiger partial charge is 0.184 e. The Labute approximate surface area is 121 Å². The summed E-state index contributed by atoms with van der Waals surface area (Å²) in [7, 11) is 1.61. The molecule has 4 atom stereocenters. The van der Waals surface area contributed by atoms with E-state index in [9.17, 15) is 4.39 Å². The first-order chi connectivity index (χ1) is 9.69. The number of hydrogen-bond donors (Lipinski definition) is 0. The number of hydrogen-bond acceptors (Lipinski definition) is 4. The lowest BCUT2D eigenvalue weighted by Crippen LogP contribution is -2.44. The molecule has 2 aliphatic heterocycles. The molecule has 6 heteroatoms. The van der Waals surface area contributed by atoms with Gasteiger partial charge in [0.1, 0.15) is 18.0 Å². The zero-order chi connectivity index (χ0) is 14.1. The molecule has 0 unspecified atom stereocenters. The fraction of sp³-hybridized carbons (Fsp3) is 0.571. The van der Waals surface area contributed by atoms with Crippen LogP contribution >= 0.6 is 11.6 Å². The SMILES string of the molecule is CO[C@@H]1C[C@H](OCc2cccc(Cl)c2F)[C@H]2CO[C@@H]1O2. The highest BCUT2D eigenvalue weighted by Crippen LogP contribution is 2.31. The summed E-state index contributed by atoms with van der Waals surface area (Å²) in [5.41, 5.74) is 0.438. The molecule has 0 radical (unpaired) electrons. The van der Waals surface area contributed by atoms with Crippen molar-refractivity contribution in [2.45, 2.75) is 37.6 Å². The molecule has 0 spiro atoms. The Morgan fingerprint density at radius 3 is 3.05 bits per heavy atom. The van der Waals surface area contributed by atoms with Gasteiger partial charge < -0.3 is 18.9 Å². The average Bonchev–Trinajstić information content (AvgIpc) is 2.87. The zero-order valence-electron chi connectivity index (χ0n) is 11.1. The largest absolute Gasteiger partial charge is 0.376 e. The van der Waals surface area contributed by atoms with Crippen LogP contribution in [0.15, 0.2) is 18.2 Å². The van der Waals surface area contributed by atoms with Gasteiger partial charge in [0.05, 0.1) is 24.3 Å². The van der Waals surface area contributed by atoms with E-state index in [0.717, 1.165) is 0 Å². The molecule has 0 aliphatic carbocycles. The second-order valence-electron chi connectivity index (χ2n) is 4.95. The third-order valence-corrected chi connectivity index (χ3v) is 4.00. The predicted octanol–water partition coefficient (Wildman–Crippen LogP) is 2.52. The molecule has 1 aromatic rings. The van der Waals surface area contributed by atoms with E-state index in [1.165, 1.54) is 6.07 Å². The molecule has 2 fully saturated rings. The molecule has 0 amide bonds. The summed E-state index contributed by atoms with van der Waals surface area (Å²) in [6.45, 7) is 0.630. The highest BCUT2D eigenvalue weighted by atomic mass is 35.5. The van der Waals surface area contributed by atoms with Crippen molar-refractivity contribution in [1.29, 1.82) is 0 Å². The molecule has 3 rings (SSSR count). The minimum absolute atomic E-state index is 0.102. The van der Waals surface area contributed by atoms with Crippen molar-refractivity contribution in [2.75, 3.05) is 13.7 Å². The first-order valence-corrected chi connectivity index (χ1v) is 6.91. The maximum Gasteiger partial charge on any atom is 0.184 e. The second kappa shape index (κ2) is 5.95. The van der Waals surface area contributed by atoms with Crippen molar-refractivity contribution in [3.63, 3.8) is 0 Å². The Morgan fingerprint density at radius 2 is 2.25 bits per heavy atom. The van der Waals surface area contributed by atoms with Gasteiger partial charge in [-0.05, 0) is 6.07 Å². The van der Waals surface area contributed by atoms with Gasteiger partial charge in [0.15, 0.2) is 6.29 Å². The van der Waals surface area contributed by atoms with E-state index >= 15 is 0 Å². The van der Waals surface area contributed by atoms with Crippen LogP contribution in [0, 0.1) is 5.82 Å². The molecule has 2 aliphatic rings. The van der Waals surface area contributed by atoms with E-state index < -0.39 is 5.82 Å². The Morgan fingerprint density at radius 1 is 1.40 bits per heavy atom. The van der Waals surface area contributed by atoms with Crippen LogP contribution in [0.4, 0.5) is 4.39 Å². The van der Waals surface area contributed by atoms with E-state index in [1.807, 2.05) is 0 Å². The number of halogens is 2. The second-order valence-corrected chi connectivity index (χ2v) is 5.36. The number of fused-ring (bicyclic) bond motifs is 2. The Kier molecular flexibility index (Phi) is 4.23. The molecule has 0 N–H and O–H groups in total. The maximum absolute atomic E-state index is 13.8. The summed E-state index contributed by atoms with van der Waals surface area (Å²) < 4.78 is 36.0. The summed E-state index contributed by atoms with van der Waals surface area (Å²) in [5.74, 6) is -0.435. The third-order valence-electron chi connectivity index (χ3n) is 3.70. The summed E-state index contributed by atoms with van der Waals surface area (Å²) in [6, 6.07) is 4.88. The lowest BCUT2D eigenvalue weighted by molar-refractivity contribution is -0.201. The summed E-state index contributed by atoms with van der Waals surface area (Å²) in [6.07, 6.45) is -0.0740. The molecule has 2 heterocycles. The van der Waals surface area contributed by atoms with Crippen molar-refractivity contribution in [1.82, 2.24) is 0 Å². The molecular weight excluding hydrogens is 287 g/mol. The third kappa shape index (κ3) is 2.69. The molecule has 2 saturated heterocycles. The van der Waals surface area contributed by atoms with Crippen LogP contribution in [-0.2, 0) is 25.6 Å². The van der Waals surface area contributed by atoms with Gasteiger partial charge in [-0.3, -0.25) is 0 Å². The van der Waals surface area contributed by atoms with Crippen LogP contribution in [0.2, 0.25) is 5.02 Å². The number of methoxy groups -OCH3 is 1. The minimum atomic E-state index is -0.435. The molecule has 0 saturated carbocycles. The van der Waals surface area contributed by atoms with E-state index in [-0.39, 0.29) is 36.2 Å². The normalized spacial score (nSPS) is 32.5. The van der Waals surface area contributed by atoms with Crippen LogP contribution in [0.1, 0.15) is 12.0 Å². The molecule has 110 valence electrons. The van der Waals surface area contributed by atoms with Gasteiger partial charge in [-0.25, -0.2) is 4.39 Å². The van der Waals surface area contributed by atoms with Crippen LogP contribution < -0.4 is 0 Å². The first kappa shape index (κ1) is 14.2. The van der Waals surface area contributed by atoms with Crippen LogP contribution in [0.5, 0.6) is 0 Å². The predicted molar refractivity (Wildman–Crippen MR) is 70.0 cm³/mol. The lowest BCUT2D eigenvalue weighted by Gasteiger charge is -2.32. The molecule has 2 bridgehead atoms. The Balaban J connectivity index is 1.64.